The standard InChI is InChI=1S/C13H22N4/c1-12(17-7-3-2-4-8-17)9-15-10-13-5-6-14-11-16-13/h5-6,11-12,15H,2-4,7-10H2,1H3. The van der Waals surface area contributed by atoms with Crippen LogP contribution in [0.2, 0.25) is 0 Å². The zero-order valence-electron chi connectivity index (χ0n) is 10.6. The molecule has 4 heteroatoms. The van der Waals surface area contributed by atoms with Gasteiger partial charge in [0.1, 0.15) is 6.33 Å². The first-order chi connectivity index (χ1) is 8.36. The van der Waals surface area contributed by atoms with E-state index in [-0.39, 0.29) is 0 Å². The minimum atomic E-state index is 0.622. The lowest BCUT2D eigenvalue weighted by Gasteiger charge is -2.32. The van der Waals surface area contributed by atoms with Crippen molar-refractivity contribution in [1.82, 2.24) is 20.2 Å². The fourth-order valence-corrected chi connectivity index (χ4v) is 2.32. The molecular formula is C13H22N4. The highest BCUT2D eigenvalue weighted by Gasteiger charge is 2.15. The van der Waals surface area contributed by atoms with Crippen molar-refractivity contribution in [2.45, 2.75) is 38.8 Å². The summed E-state index contributed by atoms with van der Waals surface area (Å²) >= 11 is 0. The van der Waals surface area contributed by atoms with Crippen molar-refractivity contribution in [1.29, 1.82) is 0 Å². The van der Waals surface area contributed by atoms with Gasteiger partial charge in [-0.05, 0) is 38.9 Å². The van der Waals surface area contributed by atoms with Crippen LogP contribution in [0.4, 0.5) is 0 Å². The average molecular weight is 234 g/mol. The molecule has 1 saturated heterocycles. The maximum atomic E-state index is 4.20. The monoisotopic (exact) mass is 234 g/mol. The van der Waals surface area contributed by atoms with Gasteiger partial charge in [-0.15, -0.1) is 0 Å². The van der Waals surface area contributed by atoms with Crippen LogP contribution in [0, 0.1) is 0 Å². The molecule has 1 aromatic heterocycles. The Bertz CT molecular complexity index is 308. The summed E-state index contributed by atoms with van der Waals surface area (Å²) in [6.07, 6.45) is 7.51. The van der Waals surface area contributed by atoms with E-state index in [9.17, 15) is 0 Å². The van der Waals surface area contributed by atoms with E-state index >= 15 is 0 Å². The summed E-state index contributed by atoms with van der Waals surface area (Å²) in [5.74, 6) is 0. The van der Waals surface area contributed by atoms with Crippen molar-refractivity contribution in [3.63, 3.8) is 0 Å². The number of likely N-dealkylation sites (tertiary alicyclic amines) is 1. The van der Waals surface area contributed by atoms with Crippen molar-refractivity contribution in [2.24, 2.45) is 0 Å². The van der Waals surface area contributed by atoms with E-state index in [0.717, 1.165) is 18.8 Å². The summed E-state index contributed by atoms with van der Waals surface area (Å²) in [7, 11) is 0. The molecule has 0 spiro atoms. The van der Waals surface area contributed by atoms with Crippen molar-refractivity contribution in [3.8, 4) is 0 Å². The van der Waals surface area contributed by atoms with Gasteiger partial charge in [0.2, 0.25) is 0 Å². The van der Waals surface area contributed by atoms with Crippen LogP contribution in [-0.2, 0) is 6.54 Å². The smallest absolute Gasteiger partial charge is 0.115 e. The number of nitrogens with one attached hydrogen (secondary N) is 1. The SMILES string of the molecule is CC(CNCc1ccncn1)N1CCCCC1. The number of piperidine rings is 1. The molecule has 1 aliphatic rings. The van der Waals surface area contributed by atoms with Gasteiger partial charge in [-0.25, -0.2) is 9.97 Å². The summed E-state index contributed by atoms with van der Waals surface area (Å²) < 4.78 is 0. The largest absolute Gasteiger partial charge is 0.310 e. The molecule has 2 rings (SSSR count). The first-order valence-corrected chi connectivity index (χ1v) is 6.56. The van der Waals surface area contributed by atoms with Crippen molar-refractivity contribution in [3.05, 3.63) is 24.3 Å². The summed E-state index contributed by atoms with van der Waals surface area (Å²) in [4.78, 5) is 10.7. The Labute approximate surface area is 103 Å². The Morgan fingerprint density at radius 1 is 1.35 bits per heavy atom. The predicted molar refractivity (Wildman–Crippen MR) is 68.6 cm³/mol. The highest BCUT2D eigenvalue weighted by molar-refractivity contribution is 4.97. The fraction of sp³-hybridized carbons (Fsp3) is 0.692. The van der Waals surface area contributed by atoms with E-state index in [1.54, 1.807) is 12.5 Å². The van der Waals surface area contributed by atoms with E-state index < -0.39 is 0 Å². The number of nitrogens with zero attached hydrogens (tertiary/aromatic N) is 3. The molecule has 4 nitrogen and oxygen atoms in total. The molecule has 1 unspecified atom stereocenters. The normalized spacial score (nSPS) is 19.1. The molecule has 1 fully saturated rings. The van der Waals surface area contributed by atoms with E-state index in [2.05, 4.69) is 27.1 Å². The predicted octanol–water partition coefficient (Wildman–Crippen LogP) is 1.44. The van der Waals surface area contributed by atoms with Gasteiger partial charge in [0.25, 0.3) is 0 Å². The molecule has 2 heterocycles. The van der Waals surface area contributed by atoms with Crippen LogP contribution in [0.15, 0.2) is 18.6 Å². The molecule has 1 aliphatic heterocycles. The van der Waals surface area contributed by atoms with Crippen molar-refractivity contribution >= 4 is 0 Å². The summed E-state index contributed by atoms with van der Waals surface area (Å²) in [5, 5.41) is 3.47. The van der Waals surface area contributed by atoms with Crippen LogP contribution in [0.1, 0.15) is 31.9 Å². The molecular weight excluding hydrogens is 212 g/mol. The molecule has 0 bridgehead atoms. The number of hydrogen-bond acceptors (Lipinski definition) is 4. The lowest BCUT2D eigenvalue weighted by Crippen LogP contribution is -2.43. The minimum absolute atomic E-state index is 0.622. The molecule has 0 radical (unpaired) electrons. The van der Waals surface area contributed by atoms with Gasteiger partial charge >= 0.3 is 0 Å². The summed E-state index contributed by atoms with van der Waals surface area (Å²) in [5.41, 5.74) is 1.06. The van der Waals surface area contributed by atoms with Crippen LogP contribution in [0.3, 0.4) is 0 Å². The van der Waals surface area contributed by atoms with Crippen LogP contribution < -0.4 is 5.32 Å². The van der Waals surface area contributed by atoms with Gasteiger partial charge < -0.3 is 5.32 Å². The Hall–Kier alpha value is -1.00. The van der Waals surface area contributed by atoms with Crippen LogP contribution in [-0.4, -0.2) is 40.5 Å². The van der Waals surface area contributed by atoms with E-state index in [4.69, 9.17) is 0 Å². The highest BCUT2D eigenvalue weighted by atomic mass is 15.2. The van der Waals surface area contributed by atoms with Crippen LogP contribution in [0.25, 0.3) is 0 Å². The molecule has 0 aliphatic carbocycles. The van der Waals surface area contributed by atoms with Crippen molar-refractivity contribution < 1.29 is 0 Å². The zero-order valence-corrected chi connectivity index (χ0v) is 10.6. The van der Waals surface area contributed by atoms with Crippen molar-refractivity contribution in [2.75, 3.05) is 19.6 Å². The third-order valence-electron chi connectivity index (χ3n) is 3.40. The van der Waals surface area contributed by atoms with Gasteiger partial charge in [-0.3, -0.25) is 4.90 Å². The second kappa shape index (κ2) is 6.67. The zero-order chi connectivity index (χ0) is 11.9. The highest BCUT2D eigenvalue weighted by Crippen LogP contribution is 2.11. The van der Waals surface area contributed by atoms with Gasteiger partial charge in [-0.2, -0.15) is 0 Å². The Morgan fingerprint density at radius 2 is 2.18 bits per heavy atom. The van der Waals surface area contributed by atoms with Crippen LogP contribution in [0.5, 0.6) is 0 Å². The Kier molecular flexibility index (Phi) is 4.88. The maximum Gasteiger partial charge on any atom is 0.115 e. The van der Waals surface area contributed by atoms with E-state index in [1.165, 1.54) is 32.4 Å². The van der Waals surface area contributed by atoms with Gasteiger partial charge in [-0.1, -0.05) is 6.42 Å². The molecule has 0 amide bonds. The first kappa shape index (κ1) is 12.5. The molecule has 1 N–H and O–H groups in total. The molecule has 17 heavy (non-hydrogen) atoms. The number of aromatic nitrogens is 2. The fourth-order valence-electron chi connectivity index (χ4n) is 2.32. The topological polar surface area (TPSA) is 41.1 Å². The molecule has 0 aromatic carbocycles. The molecule has 1 atom stereocenters. The number of rotatable bonds is 5. The maximum absolute atomic E-state index is 4.20. The second-order valence-electron chi connectivity index (χ2n) is 4.78. The minimum Gasteiger partial charge on any atom is -0.310 e. The number of hydrogen-bond donors (Lipinski definition) is 1. The summed E-state index contributed by atoms with van der Waals surface area (Å²) in [6, 6.07) is 2.58. The first-order valence-electron chi connectivity index (χ1n) is 6.56. The Balaban J connectivity index is 1.67. The Morgan fingerprint density at radius 3 is 2.88 bits per heavy atom. The van der Waals surface area contributed by atoms with Gasteiger partial charge in [0.15, 0.2) is 0 Å². The molecule has 1 aromatic rings. The third-order valence-corrected chi connectivity index (χ3v) is 3.40. The quantitative estimate of drug-likeness (QED) is 0.837. The van der Waals surface area contributed by atoms with Gasteiger partial charge in [0.05, 0.1) is 5.69 Å². The van der Waals surface area contributed by atoms with Crippen LogP contribution >= 0.6 is 0 Å². The van der Waals surface area contributed by atoms with E-state index in [1.807, 2.05) is 6.07 Å². The lowest BCUT2D eigenvalue weighted by atomic mass is 10.1. The molecule has 0 saturated carbocycles. The lowest BCUT2D eigenvalue weighted by molar-refractivity contribution is 0.170. The van der Waals surface area contributed by atoms with Gasteiger partial charge in [0, 0.05) is 25.3 Å². The summed E-state index contributed by atoms with van der Waals surface area (Å²) in [6.45, 7) is 6.69. The second-order valence-corrected chi connectivity index (χ2v) is 4.78. The average Bonchev–Trinajstić information content (AvgIpc) is 2.41. The van der Waals surface area contributed by atoms with E-state index in [0.29, 0.717) is 6.04 Å². The third kappa shape index (κ3) is 4.06. The molecule has 94 valence electrons.